The van der Waals surface area contributed by atoms with Gasteiger partial charge in [-0.15, -0.1) is 0 Å². The van der Waals surface area contributed by atoms with Gasteiger partial charge in [0.15, 0.2) is 0 Å². The first kappa shape index (κ1) is 25.4. The van der Waals surface area contributed by atoms with E-state index >= 15 is 0 Å². The molecule has 0 radical (unpaired) electrons. The zero-order valence-electron chi connectivity index (χ0n) is 21.5. The number of allylic oxidation sites excluding steroid dienone is 6. The molecule has 2 aliphatic heterocycles. The van der Waals surface area contributed by atoms with Gasteiger partial charge >= 0.3 is 6.18 Å². The van der Waals surface area contributed by atoms with Crippen LogP contribution in [0.4, 0.5) is 17.6 Å². The Morgan fingerprint density at radius 2 is 1.74 bits per heavy atom. The predicted molar refractivity (Wildman–Crippen MR) is 148 cm³/mol. The molecule has 1 atom stereocenters. The van der Waals surface area contributed by atoms with E-state index in [1.807, 2.05) is 6.20 Å². The largest absolute Gasteiger partial charge is 0.416 e. The number of halogens is 4. The summed E-state index contributed by atoms with van der Waals surface area (Å²) in [7, 11) is 0. The maximum Gasteiger partial charge on any atom is 0.416 e. The van der Waals surface area contributed by atoms with Crippen molar-refractivity contribution in [2.45, 2.75) is 50.6 Å². The van der Waals surface area contributed by atoms with Crippen LogP contribution < -0.4 is 5.32 Å². The number of hydrogen-bond acceptors (Lipinski definition) is 1. The van der Waals surface area contributed by atoms with Crippen LogP contribution in [-0.2, 0) is 25.4 Å². The molecule has 2 bridgehead atoms. The highest BCUT2D eigenvalue weighted by Gasteiger charge is 2.32. The van der Waals surface area contributed by atoms with Gasteiger partial charge < -0.3 is 5.32 Å². The molecule has 8 rings (SSSR count). The molecule has 0 spiro atoms. The Balaban J connectivity index is 0.000000258. The van der Waals surface area contributed by atoms with Gasteiger partial charge in [-0.25, -0.2) is 4.39 Å². The summed E-state index contributed by atoms with van der Waals surface area (Å²) in [5.74, 6) is -0.286. The van der Waals surface area contributed by atoms with Crippen LogP contribution in [-0.4, -0.2) is 0 Å². The first-order valence-electron chi connectivity index (χ1n) is 13.5. The van der Waals surface area contributed by atoms with Gasteiger partial charge in [-0.1, -0.05) is 54.6 Å². The minimum Gasteiger partial charge on any atom is -0.365 e. The molecular weight excluding hydrogens is 498 g/mol. The molecule has 0 saturated heterocycles. The van der Waals surface area contributed by atoms with E-state index in [-0.39, 0.29) is 11.7 Å². The van der Waals surface area contributed by atoms with Gasteiger partial charge in [-0.2, -0.15) is 13.2 Å². The molecule has 3 aromatic carbocycles. The van der Waals surface area contributed by atoms with Crippen LogP contribution >= 0.6 is 0 Å². The van der Waals surface area contributed by atoms with Crippen molar-refractivity contribution in [3.8, 4) is 11.1 Å². The third-order valence-corrected chi connectivity index (χ3v) is 8.01. The molecule has 3 aliphatic carbocycles. The minimum absolute atomic E-state index is 0.00832. The molecule has 0 saturated carbocycles. The van der Waals surface area contributed by atoms with E-state index in [0.29, 0.717) is 12.0 Å². The van der Waals surface area contributed by atoms with Crippen LogP contribution in [0.3, 0.4) is 0 Å². The molecular formula is C34H29F4N. The lowest BCUT2D eigenvalue weighted by Gasteiger charge is -2.31. The lowest BCUT2D eigenvalue weighted by Crippen LogP contribution is -2.17. The van der Waals surface area contributed by atoms with E-state index in [0.717, 1.165) is 42.0 Å². The molecule has 198 valence electrons. The number of fused-ring (bicyclic) bond motifs is 8. The summed E-state index contributed by atoms with van der Waals surface area (Å²) < 4.78 is 53.6. The highest BCUT2D eigenvalue weighted by molar-refractivity contribution is 5.78. The topological polar surface area (TPSA) is 12.0 Å². The van der Waals surface area contributed by atoms with Gasteiger partial charge in [-0.3, -0.25) is 0 Å². The first-order valence-corrected chi connectivity index (χ1v) is 13.5. The molecule has 1 N–H and O–H groups in total. The van der Waals surface area contributed by atoms with Crippen molar-refractivity contribution in [1.82, 2.24) is 5.32 Å². The molecule has 1 nitrogen and oxygen atoms in total. The van der Waals surface area contributed by atoms with Crippen LogP contribution in [0.5, 0.6) is 0 Å². The second kappa shape index (κ2) is 10.4. The van der Waals surface area contributed by atoms with Gasteiger partial charge in [0.2, 0.25) is 0 Å². The van der Waals surface area contributed by atoms with E-state index in [2.05, 4.69) is 47.8 Å². The molecule has 3 aromatic rings. The third kappa shape index (κ3) is 5.36. The molecule has 0 amide bonds. The maximum atomic E-state index is 14.1. The molecule has 0 aromatic heterocycles. The van der Waals surface area contributed by atoms with E-state index in [4.69, 9.17) is 0 Å². The molecule has 39 heavy (non-hydrogen) atoms. The number of alkyl halides is 3. The normalized spacial score (nSPS) is 18.4. The second-order valence-electron chi connectivity index (χ2n) is 10.5. The van der Waals surface area contributed by atoms with E-state index in [1.165, 1.54) is 59.0 Å². The van der Waals surface area contributed by atoms with Gasteiger partial charge in [0, 0.05) is 11.9 Å². The van der Waals surface area contributed by atoms with Crippen LogP contribution in [0, 0.1) is 5.82 Å². The average Bonchev–Trinajstić information content (AvgIpc) is 3.31. The Morgan fingerprint density at radius 1 is 0.846 bits per heavy atom. The van der Waals surface area contributed by atoms with Gasteiger partial charge in [0.25, 0.3) is 0 Å². The van der Waals surface area contributed by atoms with Crippen molar-refractivity contribution in [3.05, 3.63) is 136 Å². The lowest BCUT2D eigenvalue weighted by molar-refractivity contribution is -0.137. The number of benzene rings is 3. The quantitative estimate of drug-likeness (QED) is 0.328. The van der Waals surface area contributed by atoms with E-state index in [1.54, 1.807) is 18.2 Å². The monoisotopic (exact) mass is 527 g/mol. The summed E-state index contributed by atoms with van der Waals surface area (Å²) in [6.07, 6.45) is 13.9. The zero-order valence-corrected chi connectivity index (χ0v) is 21.5. The second-order valence-corrected chi connectivity index (χ2v) is 10.5. The smallest absolute Gasteiger partial charge is 0.365 e. The van der Waals surface area contributed by atoms with Crippen LogP contribution in [0.25, 0.3) is 17.2 Å². The van der Waals surface area contributed by atoms with Crippen molar-refractivity contribution < 1.29 is 17.6 Å². The molecule has 2 heterocycles. The Bertz CT molecular complexity index is 1540. The van der Waals surface area contributed by atoms with Gasteiger partial charge in [-0.05, 0) is 119 Å². The Labute approximate surface area is 226 Å². The Kier molecular flexibility index (Phi) is 6.76. The average molecular weight is 528 g/mol. The summed E-state index contributed by atoms with van der Waals surface area (Å²) in [5.41, 5.74) is 9.42. The van der Waals surface area contributed by atoms with Crippen molar-refractivity contribution in [2.24, 2.45) is 0 Å². The summed E-state index contributed by atoms with van der Waals surface area (Å²) in [6, 6.07) is 14.5. The van der Waals surface area contributed by atoms with Gasteiger partial charge in [0.05, 0.1) is 5.56 Å². The van der Waals surface area contributed by atoms with Gasteiger partial charge in [0.1, 0.15) is 5.82 Å². The summed E-state index contributed by atoms with van der Waals surface area (Å²) in [4.78, 5) is 0. The highest BCUT2D eigenvalue weighted by atomic mass is 19.4. The van der Waals surface area contributed by atoms with Crippen molar-refractivity contribution in [2.75, 3.05) is 0 Å². The lowest BCUT2D eigenvalue weighted by atomic mass is 9.73. The third-order valence-electron chi connectivity index (χ3n) is 8.01. The minimum atomic E-state index is -4.36. The van der Waals surface area contributed by atoms with Crippen molar-refractivity contribution >= 4 is 6.08 Å². The van der Waals surface area contributed by atoms with E-state index < -0.39 is 11.7 Å². The highest BCUT2D eigenvalue weighted by Crippen LogP contribution is 2.44. The number of nitrogens with one attached hydrogen (secondary N) is 1. The summed E-state index contributed by atoms with van der Waals surface area (Å²) in [6.45, 7) is 0. The van der Waals surface area contributed by atoms with Crippen LogP contribution in [0.1, 0.15) is 58.6 Å². The fourth-order valence-electron chi connectivity index (χ4n) is 6.07. The Hall–Kier alpha value is -3.86. The van der Waals surface area contributed by atoms with E-state index in [9.17, 15) is 17.6 Å². The van der Waals surface area contributed by atoms with Crippen molar-refractivity contribution in [3.63, 3.8) is 0 Å². The van der Waals surface area contributed by atoms with Crippen molar-refractivity contribution in [1.29, 1.82) is 0 Å². The standard InChI is InChI=1S/C26H20F4.C8H9N/c27-20-9-11-22-18(12-16-4-3-6-19(13-16)26(28,29)30)14-24-21-7-2-1-5-17(21)8-10-23(24)25(22)15-20;1-3-8-4-2-7(1)5-6-9-8/h1,3-6,8-11,13,15,18H,2,7,12,14H2;1,3,5-6,9H,2,4H2. The molecule has 1 unspecified atom stereocenters. The summed E-state index contributed by atoms with van der Waals surface area (Å²) in [5, 5.41) is 3.20. The Morgan fingerprint density at radius 3 is 2.56 bits per heavy atom. The molecule has 5 aliphatic rings. The summed E-state index contributed by atoms with van der Waals surface area (Å²) >= 11 is 0. The zero-order chi connectivity index (χ0) is 27.0. The number of rotatable bonds is 2. The molecule has 0 fully saturated rings. The number of hydrogen-bond donors (Lipinski definition) is 1. The fraction of sp³-hybridized carbons (Fsp3) is 0.235. The fourth-order valence-corrected chi connectivity index (χ4v) is 6.07. The van der Waals surface area contributed by atoms with Crippen LogP contribution in [0.2, 0.25) is 0 Å². The SMILES string of the molecule is C1=CC2=CC=C(CC2)N1.Fc1ccc2c(c1)-c1ccc3c(c1CC2Cc1cccc(C(F)(F)F)c1)CCC=C3. The van der Waals surface area contributed by atoms with Crippen LogP contribution in [0.15, 0.2) is 96.4 Å². The maximum absolute atomic E-state index is 14.1. The predicted octanol–water partition coefficient (Wildman–Crippen LogP) is 9.06. The first-order chi connectivity index (χ1) is 18.8. The molecule has 5 heteroatoms.